The lowest BCUT2D eigenvalue weighted by atomic mass is 10.1. The van der Waals surface area contributed by atoms with E-state index in [1.54, 1.807) is 23.2 Å². The molecule has 0 aliphatic heterocycles. The summed E-state index contributed by atoms with van der Waals surface area (Å²) < 4.78 is 1.98. The highest BCUT2D eigenvalue weighted by atomic mass is 35.5. The van der Waals surface area contributed by atoms with Crippen LogP contribution in [0.5, 0.6) is 0 Å². The molecule has 0 aliphatic carbocycles. The van der Waals surface area contributed by atoms with Gasteiger partial charge in [-0.3, -0.25) is 4.79 Å². The number of rotatable bonds is 7. The van der Waals surface area contributed by atoms with Crippen molar-refractivity contribution in [1.29, 1.82) is 0 Å². The first-order valence-electron chi connectivity index (χ1n) is 8.88. The summed E-state index contributed by atoms with van der Waals surface area (Å²) >= 11 is 12.3. The van der Waals surface area contributed by atoms with Gasteiger partial charge >= 0.3 is 0 Å². The van der Waals surface area contributed by atoms with E-state index < -0.39 is 0 Å². The summed E-state index contributed by atoms with van der Waals surface area (Å²) in [6, 6.07) is 13.0. The molecule has 0 fully saturated rings. The Balaban J connectivity index is 1.80. The van der Waals surface area contributed by atoms with Crippen LogP contribution in [0.4, 0.5) is 0 Å². The van der Waals surface area contributed by atoms with E-state index in [0.717, 1.165) is 17.0 Å². The number of hydrogen-bond acceptors (Lipinski definition) is 2. The van der Waals surface area contributed by atoms with Crippen molar-refractivity contribution >= 4 is 29.1 Å². The molecule has 1 aromatic heterocycles. The highest BCUT2D eigenvalue weighted by molar-refractivity contribution is 6.35. The second kappa shape index (κ2) is 9.09. The van der Waals surface area contributed by atoms with Crippen LogP contribution in [0.25, 0.3) is 0 Å². The molecule has 0 saturated carbocycles. The maximum atomic E-state index is 12.9. The van der Waals surface area contributed by atoms with Gasteiger partial charge in [0, 0.05) is 34.5 Å². The minimum atomic E-state index is -0.0565. The van der Waals surface area contributed by atoms with Crippen LogP contribution in [0, 0.1) is 6.92 Å². The molecule has 0 N–H and O–H groups in total. The lowest BCUT2D eigenvalue weighted by Gasteiger charge is -2.22. The SMILES string of the molecule is C=CCN(Cc1nccn1Cc1ccc(Cl)cc1Cl)C(=O)c1ccc(C)cc1. The van der Waals surface area contributed by atoms with Gasteiger partial charge < -0.3 is 9.47 Å². The highest BCUT2D eigenvalue weighted by Crippen LogP contribution is 2.22. The number of halogens is 2. The lowest BCUT2D eigenvalue weighted by molar-refractivity contribution is 0.0757. The third kappa shape index (κ3) is 4.83. The fourth-order valence-electron chi connectivity index (χ4n) is 2.89. The normalized spacial score (nSPS) is 10.7. The standard InChI is InChI=1S/C22H21Cl2N3O/c1-3-11-27(22(28)17-6-4-16(2)5-7-17)15-21-25-10-12-26(21)14-18-8-9-19(23)13-20(18)24/h3-10,12-13H,1,11,14-15H2,2H3. The fourth-order valence-corrected chi connectivity index (χ4v) is 3.36. The van der Waals surface area contributed by atoms with Crippen molar-refractivity contribution in [2.24, 2.45) is 0 Å². The van der Waals surface area contributed by atoms with E-state index in [2.05, 4.69) is 11.6 Å². The summed E-state index contributed by atoms with van der Waals surface area (Å²) in [4.78, 5) is 19.1. The van der Waals surface area contributed by atoms with Crippen molar-refractivity contribution in [2.45, 2.75) is 20.0 Å². The molecule has 0 unspecified atom stereocenters. The molecule has 1 amide bonds. The maximum absolute atomic E-state index is 12.9. The number of hydrogen-bond donors (Lipinski definition) is 0. The van der Waals surface area contributed by atoms with Crippen molar-refractivity contribution in [1.82, 2.24) is 14.5 Å². The first-order valence-corrected chi connectivity index (χ1v) is 9.64. The van der Waals surface area contributed by atoms with Gasteiger partial charge in [-0.1, -0.05) is 53.0 Å². The number of benzene rings is 2. The van der Waals surface area contributed by atoms with Gasteiger partial charge in [0.05, 0.1) is 13.1 Å². The van der Waals surface area contributed by atoms with E-state index in [9.17, 15) is 4.79 Å². The number of aromatic nitrogens is 2. The molecule has 0 atom stereocenters. The van der Waals surface area contributed by atoms with Crippen LogP contribution >= 0.6 is 23.2 Å². The van der Waals surface area contributed by atoms with Gasteiger partial charge in [0.1, 0.15) is 5.82 Å². The Morgan fingerprint density at radius 2 is 1.96 bits per heavy atom. The zero-order valence-electron chi connectivity index (χ0n) is 15.6. The van der Waals surface area contributed by atoms with Crippen LogP contribution in [0.2, 0.25) is 10.0 Å². The first-order chi connectivity index (χ1) is 13.5. The molecule has 6 heteroatoms. The molecule has 2 aromatic carbocycles. The topological polar surface area (TPSA) is 38.1 Å². The van der Waals surface area contributed by atoms with E-state index >= 15 is 0 Å². The maximum Gasteiger partial charge on any atom is 0.254 e. The number of aryl methyl sites for hydroxylation is 1. The lowest BCUT2D eigenvalue weighted by Crippen LogP contribution is -2.32. The van der Waals surface area contributed by atoms with Crippen LogP contribution in [0.3, 0.4) is 0 Å². The Labute approximate surface area is 175 Å². The van der Waals surface area contributed by atoms with Crippen LogP contribution in [-0.4, -0.2) is 26.9 Å². The highest BCUT2D eigenvalue weighted by Gasteiger charge is 2.17. The van der Waals surface area contributed by atoms with Crippen molar-refractivity contribution < 1.29 is 4.79 Å². The van der Waals surface area contributed by atoms with Gasteiger partial charge in [0.25, 0.3) is 5.91 Å². The van der Waals surface area contributed by atoms with Crippen molar-refractivity contribution in [3.63, 3.8) is 0 Å². The quantitative estimate of drug-likeness (QED) is 0.487. The molecule has 3 rings (SSSR count). The molecule has 144 valence electrons. The molecule has 0 saturated heterocycles. The summed E-state index contributed by atoms with van der Waals surface area (Å²) in [6.45, 7) is 7.12. The summed E-state index contributed by atoms with van der Waals surface area (Å²) in [6.07, 6.45) is 5.32. The molecule has 0 aliphatic rings. The first kappa shape index (κ1) is 20.2. The summed E-state index contributed by atoms with van der Waals surface area (Å²) in [7, 11) is 0. The zero-order chi connectivity index (χ0) is 20.1. The molecule has 4 nitrogen and oxygen atoms in total. The Kier molecular flexibility index (Phi) is 6.55. The molecule has 0 bridgehead atoms. The van der Waals surface area contributed by atoms with Gasteiger partial charge in [0.2, 0.25) is 0 Å². The van der Waals surface area contributed by atoms with E-state index in [1.807, 2.05) is 54.1 Å². The van der Waals surface area contributed by atoms with E-state index in [-0.39, 0.29) is 5.91 Å². The Bertz CT molecular complexity index is 980. The average molecular weight is 414 g/mol. The number of carbonyl (C=O) groups is 1. The third-order valence-corrected chi connectivity index (χ3v) is 5.01. The van der Waals surface area contributed by atoms with Gasteiger partial charge in [-0.2, -0.15) is 0 Å². The Morgan fingerprint density at radius 1 is 1.21 bits per heavy atom. The fraction of sp³-hybridized carbons (Fsp3) is 0.182. The average Bonchev–Trinajstić information content (AvgIpc) is 3.10. The second-order valence-corrected chi connectivity index (χ2v) is 7.39. The predicted molar refractivity (Wildman–Crippen MR) is 114 cm³/mol. The summed E-state index contributed by atoms with van der Waals surface area (Å²) in [5.74, 6) is 0.715. The van der Waals surface area contributed by atoms with Crippen LogP contribution < -0.4 is 0 Å². The number of amides is 1. The minimum Gasteiger partial charge on any atom is -0.329 e. The predicted octanol–water partition coefficient (Wildman–Crippen LogP) is 5.38. The number of imidazole rings is 1. The van der Waals surface area contributed by atoms with Gasteiger partial charge in [-0.15, -0.1) is 6.58 Å². The van der Waals surface area contributed by atoms with Crippen molar-refractivity contribution in [3.05, 3.63) is 100 Å². The van der Waals surface area contributed by atoms with Gasteiger partial charge in [-0.25, -0.2) is 4.98 Å². The van der Waals surface area contributed by atoms with Crippen molar-refractivity contribution in [2.75, 3.05) is 6.54 Å². The number of nitrogens with zero attached hydrogens (tertiary/aromatic N) is 3. The minimum absolute atomic E-state index is 0.0565. The molecular formula is C22H21Cl2N3O. The smallest absolute Gasteiger partial charge is 0.254 e. The van der Waals surface area contributed by atoms with E-state index in [0.29, 0.717) is 35.2 Å². The molecule has 0 spiro atoms. The Morgan fingerprint density at radius 3 is 2.64 bits per heavy atom. The summed E-state index contributed by atoms with van der Waals surface area (Å²) in [5, 5.41) is 1.20. The van der Waals surface area contributed by atoms with Crippen LogP contribution in [-0.2, 0) is 13.1 Å². The molecule has 0 radical (unpaired) electrons. The van der Waals surface area contributed by atoms with Crippen molar-refractivity contribution in [3.8, 4) is 0 Å². The van der Waals surface area contributed by atoms with Gasteiger partial charge in [-0.05, 0) is 36.8 Å². The molecule has 28 heavy (non-hydrogen) atoms. The number of carbonyl (C=O) groups excluding carboxylic acids is 1. The summed E-state index contributed by atoms with van der Waals surface area (Å²) in [5.41, 5.74) is 2.69. The zero-order valence-corrected chi connectivity index (χ0v) is 17.1. The second-order valence-electron chi connectivity index (χ2n) is 6.55. The van der Waals surface area contributed by atoms with E-state index in [4.69, 9.17) is 23.2 Å². The molecule has 1 heterocycles. The molecule has 3 aromatic rings. The monoisotopic (exact) mass is 413 g/mol. The Hall–Kier alpha value is -2.56. The van der Waals surface area contributed by atoms with E-state index in [1.165, 1.54) is 0 Å². The third-order valence-electron chi connectivity index (χ3n) is 4.43. The largest absolute Gasteiger partial charge is 0.329 e. The van der Waals surface area contributed by atoms with Crippen LogP contribution in [0.1, 0.15) is 27.3 Å². The molecular weight excluding hydrogens is 393 g/mol. The van der Waals surface area contributed by atoms with Gasteiger partial charge in [0.15, 0.2) is 0 Å². The van der Waals surface area contributed by atoms with Crippen LogP contribution in [0.15, 0.2) is 67.5 Å².